The van der Waals surface area contributed by atoms with Gasteiger partial charge in [0.15, 0.2) is 17.3 Å². The molecule has 0 radical (unpaired) electrons. The Bertz CT molecular complexity index is 965. The number of aromatic nitrogens is 6. The van der Waals surface area contributed by atoms with Gasteiger partial charge in [0.2, 0.25) is 5.91 Å². The third-order valence-corrected chi connectivity index (χ3v) is 5.11. The highest BCUT2D eigenvalue weighted by molar-refractivity contribution is 5.76. The molecule has 0 spiro atoms. The van der Waals surface area contributed by atoms with E-state index in [0.29, 0.717) is 18.5 Å². The number of amides is 1. The second-order valence-electron chi connectivity index (χ2n) is 6.86. The van der Waals surface area contributed by atoms with Gasteiger partial charge in [-0.2, -0.15) is 9.61 Å². The summed E-state index contributed by atoms with van der Waals surface area (Å²) >= 11 is 0. The van der Waals surface area contributed by atoms with Crippen LogP contribution in [0.5, 0.6) is 0 Å². The summed E-state index contributed by atoms with van der Waals surface area (Å²) in [6.45, 7) is 7.69. The van der Waals surface area contributed by atoms with Crippen molar-refractivity contribution in [2.24, 2.45) is 0 Å². The maximum absolute atomic E-state index is 12.3. The molecule has 0 atom stereocenters. The summed E-state index contributed by atoms with van der Waals surface area (Å²) in [5.41, 5.74) is 3.80. The Kier molecular flexibility index (Phi) is 4.18. The summed E-state index contributed by atoms with van der Waals surface area (Å²) in [5, 5.41) is 17.4. The van der Waals surface area contributed by atoms with E-state index in [-0.39, 0.29) is 5.91 Å². The van der Waals surface area contributed by atoms with E-state index in [2.05, 4.69) is 20.4 Å². The van der Waals surface area contributed by atoms with Gasteiger partial charge in [-0.1, -0.05) is 0 Å². The van der Waals surface area contributed by atoms with E-state index in [4.69, 9.17) is 0 Å². The van der Waals surface area contributed by atoms with Crippen molar-refractivity contribution < 1.29 is 4.79 Å². The van der Waals surface area contributed by atoms with Crippen molar-refractivity contribution in [2.45, 2.75) is 46.5 Å². The molecule has 3 aromatic heterocycles. The van der Waals surface area contributed by atoms with E-state index in [1.54, 1.807) is 4.52 Å². The molecule has 1 fully saturated rings. The van der Waals surface area contributed by atoms with Crippen LogP contribution in [0, 0.1) is 20.8 Å². The lowest BCUT2D eigenvalue weighted by Crippen LogP contribution is -2.27. The lowest BCUT2D eigenvalue weighted by molar-refractivity contribution is -0.130. The van der Waals surface area contributed by atoms with E-state index in [1.807, 2.05) is 42.5 Å². The van der Waals surface area contributed by atoms with Crippen LogP contribution in [0.3, 0.4) is 0 Å². The fourth-order valence-electron chi connectivity index (χ4n) is 3.62. The summed E-state index contributed by atoms with van der Waals surface area (Å²) in [7, 11) is 0. The zero-order chi connectivity index (χ0) is 18.3. The fraction of sp³-hybridized carbons (Fsp3) is 0.500. The molecule has 0 saturated carbocycles. The van der Waals surface area contributed by atoms with Crippen molar-refractivity contribution in [3.8, 4) is 5.82 Å². The Hall–Kier alpha value is -2.77. The summed E-state index contributed by atoms with van der Waals surface area (Å²) < 4.78 is 3.55. The summed E-state index contributed by atoms with van der Waals surface area (Å²) in [6, 6.07) is 3.78. The van der Waals surface area contributed by atoms with Crippen LogP contribution in [0.4, 0.5) is 0 Å². The largest absolute Gasteiger partial charge is 0.343 e. The normalized spacial score (nSPS) is 14.5. The third kappa shape index (κ3) is 2.85. The highest BCUT2D eigenvalue weighted by Gasteiger charge is 2.20. The summed E-state index contributed by atoms with van der Waals surface area (Å²) in [6.07, 6.45) is 3.49. The SMILES string of the molecule is Cc1nn(-c2ccc3nnc(C)n3n2)c(C)c1CCC(=O)N1CCCC1. The lowest BCUT2D eigenvalue weighted by Gasteiger charge is -2.15. The summed E-state index contributed by atoms with van der Waals surface area (Å²) in [5.74, 6) is 1.70. The topological polar surface area (TPSA) is 81.2 Å². The molecule has 136 valence electrons. The molecule has 1 amide bonds. The Labute approximate surface area is 151 Å². The quantitative estimate of drug-likeness (QED) is 0.714. The molecule has 0 unspecified atom stereocenters. The van der Waals surface area contributed by atoms with E-state index < -0.39 is 0 Å². The number of aryl methyl sites for hydroxylation is 2. The van der Waals surface area contributed by atoms with Gasteiger partial charge >= 0.3 is 0 Å². The number of carbonyl (C=O) groups excluding carboxylic acids is 1. The Morgan fingerprint density at radius 2 is 1.85 bits per heavy atom. The van der Waals surface area contributed by atoms with Gasteiger partial charge in [0, 0.05) is 25.2 Å². The average Bonchev–Trinajstić information content (AvgIpc) is 3.35. The van der Waals surface area contributed by atoms with Crippen LogP contribution in [0.25, 0.3) is 11.5 Å². The number of likely N-dealkylation sites (tertiary alicyclic amines) is 1. The van der Waals surface area contributed by atoms with Crippen molar-refractivity contribution in [3.63, 3.8) is 0 Å². The van der Waals surface area contributed by atoms with Crippen molar-refractivity contribution in [1.82, 2.24) is 34.5 Å². The maximum atomic E-state index is 12.3. The van der Waals surface area contributed by atoms with Crippen molar-refractivity contribution in [2.75, 3.05) is 13.1 Å². The molecule has 0 aromatic carbocycles. The van der Waals surface area contributed by atoms with Crippen LogP contribution in [0.15, 0.2) is 12.1 Å². The smallest absolute Gasteiger partial charge is 0.222 e. The van der Waals surface area contributed by atoms with E-state index in [1.165, 1.54) is 0 Å². The first-order valence-corrected chi connectivity index (χ1v) is 9.07. The second-order valence-corrected chi connectivity index (χ2v) is 6.86. The van der Waals surface area contributed by atoms with E-state index in [9.17, 15) is 4.79 Å². The van der Waals surface area contributed by atoms with Gasteiger partial charge in [0.1, 0.15) is 0 Å². The number of nitrogens with zero attached hydrogens (tertiary/aromatic N) is 7. The van der Waals surface area contributed by atoms with Crippen molar-refractivity contribution >= 4 is 11.6 Å². The standard InChI is InChI=1S/C18H23N7O/c1-12-15(6-9-18(26)23-10-4-5-11-23)13(2)24(21-12)17-8-7-16-20-19-14(3)25(16)22-17/h7-8H,4-6,9-11H2,1-3H3. The van der Waals surface area contributed by atoms with Crippen LogP contribution in [-0.4, -0.2) is 53.5 Å². The van der Waals surface area contributed by atoms with Crippen LogP contribution >= 0.6 is 0 Å². The molecule has 8 heteroatoms. The van der Waals surface area contributed by atoms with Gasteiger partial charge in [-0.15, -0.1) is 15.3 Å². The molecule has 3 aromatic rings. The van der Waals surface area contributed by atoms with Gasteiger partial charge in [-0.25, -0.2) is 4.68 Å². The minimum atomic E-state index is 0.244. The minimum absolute atomic E-state index is 0.244. The fourth-order valence-corrected chi connectivity index (χ4v) is 3.62. The number of carbonyl (C=O) groups is 1. The summed E-state index contributed by atoms with van der Waals surface area (Å²) in [4.78, 5) is 14.3. The van der Waals surface area contributed by atoms with E-state index in [0.717, 1.165) is 54.5 Å². The van der Waals surface area contributed by atoms with Gasteiger partial charge < -0.3 is 4.90 Å². The second kappa shape index (κ2) is 6.51. The van der Waals surface area contributed by atoms with Gasteiger partial charge in [0.25, 0.3) is 0 Å². The zero-order valence-electron chi connectivity index (χ0n) is 15.4. The molecule has 8 nitrogen and oxygen atoms in total. The van der Waals surface area contributed by atoms with E-state index >= 15 is 0 Å². The van der Waals surface area contributed by atoms with Crippen molar-refractivity contribution in [1.29, 1.82) is 0 Å². The van der Waals surface area contributed by atoms with Crippen LogP contribution < -0.4 is 0 Å². The number of hydrogen-bond acceptors (Lipinski definition) is 5. The maximum Gasteiger partial charge on any atom is 0.222 e. The Morgan fingerprint density at radius 1 is 1.08 bits per heavy atom. The highest BCUT2D eigenvalue weighted by Crippen LogP contribution is 2.20. The molecule has 4 heterocycles. The molecule has 0 aliphatic carbocycles. The van der Waals surface area contributed by atoms with Crippen LogP contribution in [-0.2, 0) is 11.2 Å². The molecule has 0 N–H and O–H groups in total. The average molecular weight is 353 g/mol. The first-order chi connectivity index (χ1) is 12.5. The number of fused-ring (bicyclic) bond motifs is 1. The monoisotopic (exact) mass is 353 g/mol. The number of rotatable bonds is 4. The van der Waals surface area contributed by atoms with Crippen LogP contribution in [0.2, 0.25) is 0 Å². The minimum Gasteiger partial charge on any atom is -0.343 e. The van der Waals surface area contributed by atoms with Gasteiger partial charge in [-0.05, 0) is 57.7 Å². The molecular formula is C18H23N7O. The molecule has 4 rings (SSSR count). The Balaban J connectivity index is 1.59. The molecule has 1 saturated heterocycles. The lowest BCUT2D eigenvalue weighted by atomic mass is 10.1. The predicted molar refractivity (Wildman–Crippen MR) is 96.3 cm³/mol. The third-order valence-electron chi connectivity index (χ3n) is 5.11. The Morgan fingerprint density at radius 3 is 2.62 bits per heavy atom. The zero-order valence-corrected chi connectivity index (χ0v) is 15.4. The van der Waals surface area contributed by atoms with Gasteiger partial charge in [0.05, 0.1) is 5.69 Å². The molecule has 0 bridgehead atoms. The molecule has 26 heavy (non-hydrogen) atoms. The molecular weight excluding hydrogens is 330 g/mol. The highest BCUT2D eigenvalue weighted by atomic mass is 16.2. The first-order valence-electron chi connectivity index (χ1n) is 9.07. The van der Waals surface area contributed by atoms with Gasteiger partial charge in [-0.3, -0.25) is 4.79 Å². The molecule has 1 aliphatic heterocycles. The van der Waals surface area contributed by atoms with Crippen molar-refractivity contribution in [3.05, 3.63) is 34.9 Å². The molecule has 1 aliphatic rings. The predicted octanol–water partition coefficient (Wildman–Crippen LogP) is 1.79. The first kappa shape index (κ1) is 16.7. The number of hydrogen-bond donors (Lipinski definition) is 0. The van der Waals surface area contributed by atoms with Crippen LogP contribution in [0.1, 0.15) is 42.0 Å².